The fraction of sp³-hybridized carbons (Fsp3) is 0.347. The van der Waals surface area contributed by atoms with Crippen LogP contribution in [-0.2, 0) is 51.2 Å². The number of hydrogen-bond donors (Lipinski definition) is 0. The second-order valence-electron chi connectivity index (χ2n) is 14.6. The number of rotatable bonds is 14. The monoisotopic (exact) mass is 866 g/mol. The zero-order valence-corrected chi connectivity index (χ0v) is 37.4. The van der Waals surface area contributed by atoms with Crippen molar-refractivity contribution in [3.05, 3.63) is 116 Å². The molecule has 334 valence electrons. The maximum absolute atomic E-state index is 12.5. The van der Waals surface area contributed by atoms with Crippen LogP contribution in [0.2, 0.25) is 0 Å². The summed E-state index contributed by atoms with van der Waals surface area (Å²) in [6, 6.07) is 19.1. The van der Waals surface area contributed by atoms with E-state index in [1.807, 2.05) is 48.5 Å². The number of esters is 2. The van der Waals surface area contributed by atoms with E-state index >= 15 is 0 Å². The minimum atomic E-state index is -0.571. The van der Waals surface area contributed by atoms with Crippen molar-refractivity contribution in [3.63, 3.8) is 0 Å². The van der Waals surface area contributed by atoms with E-state index in [0.29, 0.717) is 87.9 Å². The molecule has 5 aromatic rings. The van der Waals surface area contributed by atoms with Crippen LogP contribution < -0.4 is 47.4 Å². The molecular weight excluding hydrogens is 813 g/mol. The largest absolute Gasteiger partial charge is 0.496 e. The Hall–Kier alpha value is -6.96. The Balaban J connectivity index is 1.63. The van der Waals surface area contributed by atoms with Crippen LogP contribution >= 0.6 is 0 Å². The van der Waals surface area contributed by atoms with Crippen LogP contribution in [0.15, 0.2) is 60.7 Å². The van der Waals surface area contributed by atoms with Gasteiger partial charge in [0.05, 0.1) is 71.1 Å². The lowest BCUT2D eigenvalue weighted by atomic mass is 9.94. The first kappa shape index (κ1) is 45.6. The highest BCUT2D eigenvalue weighted by Crippen LogP contribution is 2.42. The van der Waals surface area contributed by atoms with E-state index in [9.17, 15) is 9.59 Å². The maximum atomic E-state index is 12.5. The molecule has 0 aromatic heterocycles. The number of carbonyl (C=O) groups excluding carboxylic acids is 2. The average molecular weight is 867 g/mol. The second kappa shape index (κ2) is 20.7. The number of carbonyl (C=O) groups is 2. The summed E-state index contributed by atoms with van der Waals surface area (Å²) in [5, 5.41) is 0. The fourth-order valence-electron chi connectivity index (χ4n) is 7.81. The van der Waals surface area contributed by atoms with Crippen molar-refractivity contribution in [3.8, 4) is 57.5 Å². The lowest BCUT2D eigenvalue weighted by Crippen LogP contribution is -2.16. The molecule has 0 amide bonds. The second-order valence-corrected chi connectivity index (χ2v) is 14.6. The van der Waals surface area contributed by atoms with Crippen LogP contribution in [0.25, 0.3) is 0 Å². The van der Waals surface area contributed by atoms with Gasteiger partial charge in [-0.3, -0.25) is 0 Å². The van der Waals surface area contributed by atoms with Crippen LogP contribution in [0.3, 0.4) is 0 Å². The Labute approximate surface area is 367 Å². The van der Waals surface area contributed by atoms with E-state index in [0.717, 1.165) is 44.5 Å². The van der Waals surface area contributed by atoms with E-state index in [1.54, 1.807) is 69.0 Å². The molecule has 10 bridgehead atoms. The number of ether oxygens (including phenoxy) is 12. The van der Waals surface area contributed by atoms with E-state index in [1.165, 1.54) is 14.2 Å². The van der Waals surface area contributed by atoms with Gasteiger partial charge in [-0.25, -0.2) is 9.59 Å². The molecule has 14 heteroatoms. The molecule has 0 atom stereocenters. The van der Waals surface area contributed by atoms with E-state index < -0.39 is 11.9 Å². The van der Waals surface area contributed by atoms with Crippen molar-refractivity contribution in [2.45, 2.75) is 32.1 Å². The molecule has 0 saturated carbocycles. The SMILES string of the molecule is COC(=O)COc1cc2c(OCC(=O)OC)cc1Cc1cc(OC)c(cc1OC)Cc1cc(OC)c(cc1OC)Cc1cc(OC)c(cc1OC)Cc1cc(OC)c(cc1OC)C2. The van der Waals surface area contributed by atoms with E-state index in [4.69, 9.17) is 56.8 Å². The first-order chi connectivity index (χ1) is 30.5. The first-order valence-corrected chi connectivity index (χ1v) is 20.0. The van der Waals surface area contributed by atoms with Gasteiger partial charge >= 0.3 is 11.9 Å². The average Bonchev–Trinajstić information content (AvgIpc) is 3.31. The fourth-order valence-corrected chi connectivity index (χ4v) is 7.81. The lowest BCUT2D eigenvalue weighted by Gasteiger charge is -2.21. The molecule has 0 spiro atoms. The van der Waals surface area contributed by atoms with Crippen molar-refractivity contribution in [2.75, 3.05) is 84.3 Å². The topological polar surface area (TPSA) is 145 Å². The quantitative estimate of drug-likeness (QED) is 0.102. The van der Waals surface area contributed by atoms with Gasteiger partial charge in [0, 0.05) is 87.7 Å². The first-order valence-electron chi connectivity index (χ1n) is 20.0. The molecule has 0 aliphatic heterocycles. The predicted molar refractivity (Wildman–Crippen MR) is 234 cm³/mol. The van der Waals surface area contributed by atoms with Crippen molar-refractivity contribution in [2.24, 2.45) is 0 Å². The van der Waals surface area contributed by atoms with Gasteiger partial charge in [0.15, 0.2) is 13.2 Å². The zero-order valence-electron chi connectivity index (χ0n) is 37.4. The third-order valence-electron chi connectivity index (χ3n) is 11.0. The molecule has 0 fully saturated rings. The molecule has 0 radical (unpaired) electrons. The van der Waals surface area contributed by atoms with E-state index in [-0.39, 0.29) is 26.1 Å². The number of hydrogen-bond acceptors (Lipinski definition) is 14. The summed E-state index contributed by atoms with van der Waals surface area (Å²) in [5.41, 5.74) is 7.86. The molecular formula is C49H54O14. The highest BCUT2D eigenvalue weighted by Gasteiger charge is 2.24. The normalized spacial score (nSPS) is 11.9. The number of methoxy groups -OCH3 is 10. The minimum Gasteiger partial charge on any atom is -0.496 e. The molecule has 14 nitrogen and oxygen atoms in total. The summed E-state index contributed by atoms with van der Waals surface area (Å²) < 4.78 is 70.1. The maximum Gasteiger partial charge on any atom is 0.343 e. The summed E-state index contributed by atoms with van der Waals surface area (Å²) in [5.74, 6) is 4.57. The van der Waals surface area contributed by atoms with Crippen LogP contribution in [0, 0.1) is 0 Å². The molecule has 0 N–H and O–H groups in total. The standard InChI is InChI=1S/C49H54O14/c1-52-38-18-30-12-32-20-44(58-7)34(22-42(32)56-5)14-36-24-47(63-27-49(51)61-10)37(25-46(36)62-26-48(50)60-9)15-35-23-43(57-6)33(21-45(35)59-8)13-31-19-39(53-2)29(17-41(31)55-4)11-28(38)16-40(30)54-3/h16-25H,11-15,26-27H2,1-10H3. The van der Waals surface area contributed by atoms with Crippen LogP contribution in [0.4, 0.5) is 0 Å². The molecule has 10 aliphatic rings. The highest BCUT2D eigenvalue weighted by molar-refractivity contribution is 5.72. The molecule has 10 aliphatic carbocycles. The van der Waals surface area contributed by atoms with Crippen molar-refractivity contribution in [1.82, 2.24) is 0 Å². The molecule has 63 heavy (non-hydrogen) atoms. The van der Waals surface area contributed by atoms with Gasteiger partial charge in [0.1, 0.15) is 57.5 Å². The minimum absolute atomic E-state index is 0.246. The summed E-state index contributed by atoms with van der Waals surface area (Å²) in [6.07, 6.45) is 1.76. The van der Waals surface area contributed by atoms with Gasteiger partial charge in [-0.05, 0) is 60.7 Å². The predicted octanol–water partition coefficient (Wildman–Crippen LogP) is 7.13. The Morgan fingerprint density at radius 3 is 0.619 bits per heavy atom. The van der Waals surface area contributed by atoms with Crippen LogP contribution in [0.5, 0.6) is 57.5 Å². The lowest BCUT2D eigenvalue weighted by molar-refractivity contribution is -0.143. The molecule has 0 heterocycles. The summed E-state index contributed by atoms with van der Waals surface area (Å²) >= 11 is 0. The van der Waals surface area contributed by atoms with Gasteiger partial charge in [-0.2, -0.15) is 0 Å². The Morgan fingerprint density at radius 2 is 0.460 bits per heavy atom. The Bertz CT molecular complexity index is 2290. The molecule has 0 unspecified atom stereocenters. The van der Waals surface area contributed by atoms with Gasteiger partial charge in [-0.1, -0.05) is 0 Å². The number of benzene rings is 5. The molecule has 15 rings (SSSR count). The van der Waals surface area contributed by atoms with Gasteiger partial charge < -0.3 is 56.8 Å². The summed E-state index contributed by atoms with van der Waals surface area (Å²) in [7, 11) is 15.5. The van der Waals surface area contributed by atoms with E-state index in [2.05, 4.69) is 0 Å². The van der Waals surface area contributed by atoms with Crippen LogP contribution in [-0.4, -0.2) is 96.3 Å². The van der Waals surface area contributed by atoms with Crippen molar-refractivity contribution < 1.29 is 66.4 Å². The molecule has 0 saturated heterocycles. The summed E-state index contributed by atoms with van der Waals surface area (Å²) in [6.45, 7) is -0.730. The summed E-state index contributed by atoms with van der Waals surface area (Å²) in [4.78, 5) is 24.9. The van der Waals surface area contributed by atoms with Gasteiger partial charge in [0.25, 0.3) is 0 Å². The van der Waals surface area contributed by atoms with Gasteiger partial charge in [0.2, 0.25) is 0 Å². The zero-order chi connectivity index (χ0) is 45.2. The van der Waals surface area contributed by atoms with Gasteiger partial charge in [-0.15, -0.1) is 0 Å². The molecule has 5 aromatic carbocycles. The Morgan fingerprint density at radius 1 is 0.302 bits per heavy atom. The third kappa shape index (κ3) is 10.2. The highest BCUT2D eigenvalue weighted by atomic mass is 16.6. The van der Waals surface area contributed by atoms with Crippen molar-refractivity contribution >= 4 is 11.9 Å². The van der Waals surface area contributed by atoms with Crippen LogP contribution in [0.1, 0.15) is 55.6 Å². The smallest absolute Gasteiger partial charge is 0.343 e. The van der Waals surface area contributed by atoms with Crippen molar-refractivity contribution in [1.29, 1.82) is 0 Å². The Kier molecular flexibility index (Phi) is 15.0. The third-order valence-corrected chi connectivity index (χ3v) is 11.0.